The number of hydrogen-bond acceptors (Lipinski definition) is 3. The molecule has 0 fully saturated rings. The molecule has 5 nitrogen and oxygen atoms in total. The summed E-state index contributed by atoms with van der Waals surface area (Å²) in [6.07, 6.45) is 2.90. The van der Waals surface area contributed by atoms with Gasteiger partial charge in [0.1, 0.15) is 0 Å². The van der Waals surface area contributed by atoms with Crippen molar-refractivity contribution in [2.45, 2.75) is 30.2 Å². The predicted molar refractivity (Wildman–Crippen MR) is 113 cm³/mol. The van der Waals surface area contributed by atoms with Gasteiger partial charge in [-0.2, -0.15) is 0 Å². The number of amides is 1. The molecule has 148 valence electrons. The Kier molecular flexibility index (Phi) is 5.36. The maximum absolute atomic E-state index is 12.8. The minimum atomic E-state index is -3.78. The molecule has 4 rings (SSSR count). The molecule has 0 saturated carbocycles. The summed E-state index contributed by atoms with van der Waals surface area (Å²) in [4.78, 5) is 12.9. The fraction of sp³-hybridized carbons (Fsp3) is 0.174. The second-order valence-electron chi connectivity index (χ2n) is 7.12. The van der Waals surface area contributed by atoms with Gasteiger partial charge in [-0.3, -0.25) is 9.52 Å². The van der Waals surface area contributed by atoms with Crippen molar-refractivity contribution in [3.63, 3.8) is 0 Å². The Morgan fingerprint density at radius 2 is 1.66 bits per heavy atom. The smallest absolute Gasteiger partial charge is 0.261 e. The number of para-hydroxylation sites is 1. The topological polar surface area (TPSA) is 75.3 Å². The number of hydrogen-bond donors (Lipinski definition) is 2. The van der Waals surface area contributed by atoms with Crippen LogP contribution in [0.5, 0.6) is 0 Å². The first-order valence-electron chi connectivity index (χ1n) is 9.59. The highest BCUT2D eigenvalue weighted by Gasteiger charge is 2.23. The second kappa shape index (κ2) is 8.09. The molecule has 1 aliphatic carbocycles. The molecule has 3 aromatic rings. The lowest BCUT2D eigenvalue weighted by molar-refractivity contribution is 0.0932. The van der Waals surface area contributed by atoms with Crippen molar-refractivity contribution >= 4 is 21.6 Å². The molecular formula is C23H22N2O3S. The van der Waals surface area contributed by atoms with Crippen molar-refractivity contribution in [1.29, 1.82) is 0 Å². The number of benzene rings is 3. The fourth-order valence-electron chi connectivity index (χ4n) is 3.67. The van der Waals surface area contributed by atoms with E-state index in [1.54, 1.807) is 36.4 Å². The van der Waals surface area contributed by atoms with Crippen molar-refractivity contribution in [3.05, 3.63) is 95.6 Å². The third-order valence-electron chi connectivity index (χ3n) is 5.11. The van der Waals surface area contributed by atoms with Gasteiger partial charge in [0, 0.05) is 11.3 Å². The van der Waals surface area contributed by atoms with Gasteiger partial charge in [0.15, 0.2) is 0 Å². The Labute approximate surface area is 170 Å². The monoisotopic (exact) mass is 406 g/mol. The number of anilines is 1. The number of sulfonamides is 1. The molecule has 0 unspecified atom stereocenters. The molecular weight excluding hydrogens is 384 g/mol. The zero-order chi connectivity index (χ0) is 20.3. The van der Waals surface area contributed by atoms with Crippen LogP contribution in [0.25, 0.3) is 0 Å². The van der Waals surface area contributed by atoms with Crippen LogP contribution in [0.2, 0.25) is 0 Å². The maximum atomic E-state index is 12.8. The summed E-state index contributed by atoms with van der Waals surface area (Å²) in [6.45, 7) is 0. The van der Waals surface area contributed by atoms with E-state index in [1.165, 1.54) is 17.7 Å². The highest BCUT2D eigenvalue weighted by Crippen LogP contribution is 2.29. The average molecular weight is 407 g/mol. The number of nitrogens with one attached hydrogen (secondary N) is 2. The van der Waals surface area contributed by atoms with Crippen molar-refractivity contribution in [2.24, 2.45) is 0 Å². The molecule has 0 bridgehead atoms. The zero-order valence-corrected chi connectivity index (χ0v) is 16.7. The molecule has 0 aliphatic heterocycles. The van der Waals surface area contributed by atoms with Crippen molar-refractivity contribution in [2.75, 3.05) is 4.72 Å². The largest absolute Gasteiger partial charge is 0.345 e. The first kappa shape index (κ1) is 19.2. The van der Waals surface area contributed by atoms with E-state index in [1.807, 2.05) is 24.3 Å². The fourth-order valence-corrected chi connectivity index (χ4v) is 4.77. The Morgan fingerprint density at radius 3 is 2.48 bits per heavy atom. The summed E-state index contributed by atoms with van der Waals surface area (Å²) in [5, 5.41) is 3.07. The molecule has 0 heterocycles. The normalized spacial score (nSPS) is 15.9. The summed E-state index contributed by atoms with van der Waals surface area (Å²) in [5.74, 6) is -0.275. The van der Waals surface area contributed by atoms with Crippen LogP contribution in [-0.4, -0.2) is 14.3 Å². The summed E-state index contributed by atoms with van der Waals surface area (Å²) in [6, 6.07) is 22.9. The van der Waals surface area contributed by atoms with E-state index in [0.717, 1.165) is 24.8 Å². The minimum absolute atomic E-state index is 0.0537. The van der Waals surface area contributed by atoms with Crippen LogP contribution in [0.4, 0.5) is 5.69 Å². The molecule has 0 saturated heterocycles. The molecule has 6 heteroatoms. The lowest BCUT2D eigenvalue weighted by atomic mass is 9.87. The van der Waals surface area contributed by atoms with Gasteiger partial charge in [-0.25, -0.2) is 8.42 Å². The number of carbonyl (C=O) groups is 1. The number of rotatable bonds is 5. The van der Waals surface area contributed by atoms with Crippen LogP contribution in [0.15, 0.2) is 83.8 Å². The van der Waals surface area contributed by atoms with Crippen LogP contribution >= 0.6 is 0 Å². The lowest BCUT2D eigenvalue weighted by Gasteiger charge is -2.26. The quantitative estimate of drug-likeness (QED) is 0.664. The van der Waals surface area contributed by atoms with Crippen molar-refractivity contribution < 1.29 is 13.2 Å². The summed E-state index contributed by atoms with van der Waals surface area (Å²) < 4.78 is 27.9. The molecule has 1 aliphatic rings. The lowest BCUT2D eigenvalue weighted by Crippen LogP contribution is -2.31. The first-order valence-corrected chi connectivity index (χ1v) is 11.1. The van der Waals surface area contributed by atoms with Gasteiger partial charge in [0.05, 0.1) is 10.9 Å². The van der Waals surface area contributed by atoms with Gasteiger partial charge >= 0.3 is 0 Å². The molecule has 0 radical (unpaired) electrons. The van der Waals surface area contributed by atoms with E-state index in [9.17, 15) is 13.2 Å². The highest BCUT2D eigenvalue weighted by atomic mass is 32.2. The third-order valence-corrected chi connectivity index (χ3v) is 6.49. The van der Waals surface area contributed by atoms with Crippen LogP contribution in [-0.2, 0) is 16.4 Å². The number of aryl methyl sites for hydroxylation is 1. The Balaban J connectivity index is 1.54. The Bertz CT molecular complexity index is 1130. The summed E-state index contributed by atoms with van der Waals surface area (Å²) in [5.41, 5.74) is 3.19. The van der Waals surface area contributed by atoms with Gasteiger partial charge in [-0.15, -0.1) is 0 Å². The van der Waals surface area contributed by atoms with E-state index >= 15 is 0 Å². The molecule has 3 aromatic carbocycles. The minimum Gasteiger partial charge on any atom is -0.345 e. The van der Waals surface area contributed by atoms with E-state index in [0.29, 0.717) is 11.3 Å². The van der Waals surface area contributed by atoms with Crippen LogP contribution in [0, 0.1) is 0 Å². The molecule has 29 heavy (non-hydrogen) atoms. The second-order valence-corrected chi connectivity index (χ2v) is 8.80. The van der Waals surface area contributed by atoms with Crippen molar-refractivity contribution in [1.82, 2.24) is 5.32 Å². The van der Waals surface area contributed by atoms with Gasteiger partial charge in [-0.05, 0) is 60.7 Å². The van der Waals surface area contributed by atoms with E-state index < -0.39 is 10.0 Å². The zero-order valence-electron chi connectivity index (χ0n) is 15.8. The number of fused-ring (bicyclic) bond motifs is 1. The van der Waals surface area contributed by atoms with Gasteiger partial charge < -0.3 is 5.32 Å². The average Bonchev–Trinajstić information content (AvgIpc) is 2.74. The van der Waals surface area contributed by atoms with E-state index in [-0.39, 0.29) is 16.8 Å². The molecule has 0 spiro atoms. The molecule has 1 atom stereocenters. The van der Waals surface area contributed by atoms with E-state index in [2.05, 4.69) is 16.1 Å². The Morgan fingerprint density at radius 1 is 0.897 bits per heavy atom. The summed E-state index contributed by atoms with van der Waals surface area (Å²) >= 11 is 0. The van der Waals surface area contributed by atoms with E-state index in [4.69, 9.17) is 0 Å². The highest BCUT2D eigenvalue weighted by molar-refractivity contribution is 7.92. The molecule has 2 N–H and O–H groups in total. The standard InChI is InChI=1S/C23H22N2O3S/c26-23(24-22-15-7-9-17-8-4-5-14-21(17)22)18-10-6-13-20(16-18)29(27,28)25-19-11-2-1-3-12-19/h1-6,8,10-14,16,22,25H,7,9,15H2,(H,24,26)/t22-/m1/s1. The predicted octanol–water partition coefficient (Wildman–Crippen LogP) is 4.29. The molecule has 1 amide bonds. The van der Waals surface area contributed by atoms with Crippen LogP contribution in [0.1, 0.15) is 40.4 Å². The third kappa shape index (κ3) is 4.32. The van der Waals surface area contributed by atoms with Gasteiger partial charge in [0.2, 0.25) is 0 Å². The first-order chi connectivity index (χ1) is 14.0. The van der Waals surface area contributed by atoms with Gasteiger partial charge in [0.25, 0.3) is 15.9 Å². The number of carbonyl (C=O) groups excluding carboxylic acids is 1. The van der Waals surface area contributed by atoms with Gasteiger partial charge in [-0.1, -0.05) is 48.5 Å². The summed E-state index contributed by atoms with van der Waals surface area (Å²) in [7, 11) is -3.78. The van der Waals surface area contributed by atoms with Crippen molar-refractivity contribution in [3.8, 4) is 0 Å². The SMILES string of the molecule is O=C(N[C@@H]1CCCc2ccccc21)c1cccc(S(=O)(=O)Nc2ccccc2)c1. The maximum Gasteiger partial charge on any atom is 0.261 e. The Hall–Kier alpha value is -3.12. The van der Waals surface area contributed by atoms with Crippen LogP contribution < -0.4 is 10.0 Å². The van der Waals surface area contributed by atoms with Crippen LogP contribution in [0.3, 0.4) is 0 Å². The molecule has 0 aromatic heterocycles.